The van der Waals surface area contributed by atoms with E-state index in [2.05, 4.69) is 41.1 Å². The summed E-state index contributed by atoms with van der Waals surface area (Å²) in [6.45, 7) is 12.2. The van der Waals surface area contributed by atoms with Crippen molar-refractivity contribution in [3.8, 4) is 0 Å². The van der Waals surface area contributed by atoms with Crippen LogP contribution in [0.25, 0.3) is 0 Å². The molecule has 3 aliphatic heterocycles. The first kappa shape index (κ1) is 27.2. The van der Waals surface area contributed by atoms with Gasteiger partial charge in [0.05, 0.1) is 26.4 Å². The molecule has 0 aromatic heterocycles. The fourth-order valence-corrected chi connectivity index (χ4v) is 6.10. The average molecular weight is 525 g/mol. The van der Waals surface area contributed by atoms with Crippen LogP contribution in [0.2, 0.25) is 0 Å². The highest BCUT2D eigenvalue weighted by atomic mass is 19.1. The number of morpholine rings is 1. The number of fused-ring (bicyclic) bond motifs is 1. The third-order valence-corrected chi connectivity index (χ3v) is 8.50. The second-order valence-electron chi connectivity index (χ2n) is 11.7. The molecule has 7 nitrogen and oxygen atoms in total. The first-order valence-electron chi connectivity index (χ1n) is 13.8. The predicted molar refractivity (Wildman–Crippen MR) is 147 cm³/mol. The van der Waals surface area contributed by atoms with Gasteiger partial charge in [-0.1, -0.05) is 31.2 Å². The number of piperazine rings is 1. The number of amides is 1. The number of nitrogens with zero attached hydrogens (tertiary/aromatic N) is 3. The third-order valence-electron chi connectivity index (χ3n) is 8.50. The highest BCUT2D eigenvalue weighted by Gasteiger charge is 2.42. The topological polar surface area (TPSA) is 68.3 Å². The van der Waals surface area contributed by atoms with Crippen molar-refractivity contribution in [3.63, 3.8) is 0 Å². The Bertz CT molecular complexity index is 1130. The quantitative estimate of drug-likeness (QED) is 0.580. The smallest absolute Gasteiger partial charge is 0.241 e. The molecule has 3 aliphatic rings. The normalized spacial score (nSPS) is 28.4. The Labute approximate surface area is 225 Å². The third kappa shape index (κ3) is 5.80. The van der Waals surface area contributed by atoms with Crippen LogP contribution in [-0.2, 0) is 21.4 Å². The minimum atomic E-state index is -0.501. The van der Waals surface area contributed by atoms with Crippen LogP contribution < -0.4 is 10.2 Å². The van der Waals surface area contributed by atoms with Crippen molar-refractivity contribution in [2.75, 3.05) is 64.0 Å². The fourth-order valence-electron chi connectivity index (χ4n) is 6.10. The number of halogens is 1. The Balaban J connectivity index is 1.35. The molecule has 38 heavy (non-hydrogen) atoms. The van der Waals surface area contributed by atoms with Crippen molar-refractivity contribution in [3.05, 3.63) is 65.0 Å². The number of aliphatic hydroxyl groups excluding tert-OH is 1. The maximum atomic E-state index is 13.9. The van der Waals surface area contributed by atoms with Crippen molar-refractivity contribution >= 4 is 11.6 Å². The summed E-state index contributed by atoms with van der Waals surface area (Å²) in [4.78, 5) is 20.6. The van der Waals surface area contributed by atoms with Gasteiger partial charge in [0, 0.05) is 62.0 Å². The van der Waals surface area contributed by atoms with E-state index < -0.39 is 5.41 Å². The van der Waals surface area contributed by atoms with E-state index in [0.29, 0.717) is 31.6 Å². The molecular weight excluding hydrogens is 483 g/mol. The number of carbonyl (C=O) groups excluding carboxylic acids is 1. The van der Waals surface area contributed by atoms with Gasteiger partial charge in [-0.15, -0.1) is 0 Å². The molecule has 2 fully saturated rings. The van der Waals surface area contributed by atoms with Crippen LogP contribution in [0.1, 0.15) is 37.5 Å². The largest absolute Gasteiger partial charge is 0.395 e. The van der Waals surface area contributed by atoms with Gasteiger partial charge < -0.3 is 20.1 Å². The van der Waals surface area contributed by atoms with E-state index >= 15 is 0 Å². The van der Waals surface area contributed by atoms with Gasteiger partial charge in [-0.25, -0.2) is 4.39 Å². The van der Waals surface area contributed by atoms with E-state index in [1.165, 1.54) is 12.1 Å². The molecule has 2 aromatic carbocycles. The number of nitrogens with one attached hydrogen (secondary N) is 1. The summed E-state index contributed by atoms with van der Waals surface area (Å²) in [7, 11) is 0. The first-order chi connectivity index (χ1) is 18.3. The Morgan fingerprint density at radius 2 is 1.92 bits per heavy atom. The number of ether oxygens (including phenoxy) is 1. The zero-order chi connectivity index (χ0) is 26.9. The summed E-state index contributed by atoms with van der Waals surface area (Å²) in [5.74, 6) is -0.182. The second-order valence-corrected chi connectivity index (χ2v) is 11.7. The molecule has 0 radical (unpaired) electrons. The van der Waals surface area contributed by atoms with Gasteiger partial charge in [-0.05, 0) is 55.2 Å². The molecule has 3 heterocycles. The standard InChI is InChI=1S/C30H41FN4O3/c1-21-15-34(26(14-32-21)16-33-10-11-38-18-22(33)2)17-29(37)35-19-30(3,20-36)27-9-6-24(13-28(27)35)12-23-4-7-25(31)8-5-23/h4-9,13,21-22,26,32,36H,10-12,14-20H2,1-3H3/t21?,22?,26-,30?/m1/s1. The zero-order valence-electron chi connectivity index (χ0n) is 22.8. The summed E-state index contributed by atoms with van der Waals surface area (Å²) in [5, 5.41) is 13.9. The van der Waals surface area contributed by atoms with E-state index in [4.69, 9.17) is 4.74 Å². The van der Waals surface area contributed by atoms with E-state index in [1.54, 1.807) is 12.1 Å². The van der Waals surface area contributed by atoms with E-state index in [-0.39, 0.29) is 24.4 Å². The van der Waals surface area contributed by atoms with Crippen LogP contribution in [0.5, 0.6) is 0 Å². The lowest BCUT2D eigenvalue weighted by Crippen LogP contribution is -2.62. The molecule has 5 rings (SSSR count). The van der Waals surface area contributed by atoms with Gasteiger partial charge in [-0.3, -0.25) is 14.6 Å². The van der Waals surface area contributed by atoms with Gasteiger partial charge >= 0.3 is 0 Å². The number of carbonyl (C=O) groups is 1. The second kappa shape index (κ2) is 11.4. The number of rotatable bonds is 7. The van der Waals surface area contributed by atoms with Crippen molar-refractivity contribution in [2.24, 2.45) is 0 Å². The van der Waals surface area contributed by atoms with Crippen molar-refractivity contribution in [1.82, 2.24) is 15.1 Å². The molecule has 2 saturated heterocycles. The van der Waals surface area contributed by atoms with Crippen LogP contribution in [-0.4, -0.2) is 98.0 Å². The predicted octanol–water partition coefficient (Wildman–Crippen LogP) is 2.40. The molecule has 8 heteroatoms. The lowest BCUT2D eigenvalue weighted by atomic mass is 9.85. The molecule has 0 spiro atoms. The molecule has 1 amide bonds. The summed E-state index contributed by atoms with van der Waals surface area (Å²) >= 11 is 0. The van der Waals surface area contributed by atoms with Crippen LogP contribution in [0.15, 0.2) is 42.5 Å². The zero-order valence-corrected chi connectivity index (χ0v) is 22.8. The average Bonchev–Trinajstić information content (AvgIpc) is 3.21. The Kier molecular flexibility index (Phi) is 8.16. The van der Waals surface area contributed by atoms with E-state index in [1.807, 2.05) is 17.9 Å². The van der Waals surface area contributed by atoms with Crippen LogP contribution in [0, 0.1) is 5.82 Å². The van der Waals surface area contributed by atoms with Gasteiger partial charge in [0.25, 0.3) is 0 Å². The lowest BCUT2D eigenvalue weighted by Gasteiger charge is -2.43. The highest BCUT2D eigenvalue weighted by molar-refractivity contribution is 5.97. The Morgan fingerprint density at radius 1 is 1.16 bits per heavy atom. The minimum Gasteiger partial charge on any atom is -0.395 e. The van der Waals surface area contributed by atoms with E-state index in [9.17, 15) is 14.3 Å². The first-order valence-corrected chi connectivity index (χ1v) is 13.8. The van der Waals surface area contributed by atoms with Crippen molar-refractivity contribution in [1.29, 1.82) is 0 Å². The van der Waals surface area contributed by atoms with Crippen molar-refractivity contribution in [2.45, 2.75) is 50.7 Å². The SMILES string of the molecule is CC1CN(CC(=O)N2CC(C)(CO)c3ccc(Cc4ccc(F)cc4)cc32)[C@@H](CN2CCOCC2C)CN1. The fraction of sp³-hybridized carbons (Fsp3) is 0.567. The number of hydrogen-bond acceptors (Lipinski definition) is 6. The molecule has 0 bridgehead atoms. The monoisotopic (exact) mass is 524 g/mol. The number of anilines is 1. The maximum absolute atomic E-state index is 13.9. The molecule has 0 aliphatic carbocycles. The molecule has 0 saturated carbocycles. The summed E-state index contributed by atoms with van der Waals surface area (Å²) < 4.78 is 19.0. The molecule has 206 valence electrons. The van der Waals surface area contributed by atoms with Crippen LogP contribution in [0.3, 0.4) is 0 Å². The molecular formula is C30H41FN4O3. The van der Waals surface area contributed by atoms with Crippen LogP contribution in [0.4, 0.5) is 10.1 Å². The summed E-state index contributed by atoms with van der Waals surface area (Å²) in [6.07, 6.45) is 0.653. The van der Waals surface area contributed by atoms with Gasteiger partial charge in [0.1, 0.15) is 5.82 Å². The summed E-state index contributed by atoms with van der Waals surface area (Å²) in [6, 6.07) is 13.7. The van der Waals surface area contributed by atoms with Gasteiger partial charge in [0.15, 0.2) is 0 Å². The Morgan fingerprint density at radius 3 is 2.66 bits per heavy atom. The Hall–Kier alpha value is -2.36. The van der Waals surface area contributed by atoms with Gasteiger partial charge in [0.2, 0.25) is 5.91 Å². The highest BCUT2D eigenvalue weighted by Crippen LogP contribution is 2.41. The molecule has 4 atom stereocenters. The minimum absolute atomic E-state index is 0.0245. The van der Waals surface area contributed by atoms with Crippen LogP contribution >= 0.6 is 0 Å². The molecule has 3 unspecified atom stereocenters. The number of aliphatic hydroxyl groups is 1. The summed E-state index contributed by atoms with van der Waals surface area (Å²) in [5.41, 5.74) is 3.46. The number of hydrogen-bond donors (Lipinski definition) is 2. The maximum Gasteiger partial charge on any atom is 0.241 e. The lowest BCUT2D eigenvalue weighted by molar-refractivity contribution is -0.121. The molecule has 2 aromatic rings. The van der Waals surface area contributed by atoms with Gasteiger partial charge in [-0.2, -0.15) is 0 Å². The number of benzene rings is 2. The van der Waals surface area contributed by atoms with Crippen molar-refractivity contribution < 1.29 is 19.0 Å². The molecule has 2 N–H and O–H groups in total. The van der Waals surface area contributed by atoms with E-state index in [0.717, 1.165) is 61.8 Å².